The Morgan fingerprint density at radius 1 is 1.32 bits per heavy atom. The molecule has 0 aliphatic heterocycles. The van der Waals surface area contributed by atoms with E-state index in [-0.39, 0.29) is 17.9 Å². The molecular formula is C12H14N4O3. The third-order valence-electron chi connectivity index (χ3n) is 2.51. The second-order valence-corrected chi connectivity index (χ2v) is 4.16. The lowest BCUT2D eigenvalue weighted by Gasteiger charge is -2.03. The van der Waals surface area contributed by atoms with E-state index in [9.17, 15) is 9.59 Å². The minimum Gasteiger partial charge on any atom is -0.469 e. The van der Waals surface area contributed by atoms with Crippen molar-refractivity contribution in [2.24, 2.45) is 0 Å². The van der Waals surface area contributed by atoms with Gasteiger partial charge in [-0.1, -0.05) is 0 Å². The molecule has 0 unspecified atom stereocenters. The van der Waals surface area contributed by atoms with Gasteiger partial charge in [-0.05, 0) is 19.9 Å². The number of hydrogen-bond donors (Lipinski definition) is 1. The van der Waals surface area contributed by atoms with Crippen molar-refractivity contribution < 1.29 is 9.53 Å². The summed E-state index contributed by atoms with van der Waals surface area (Å²) < 4.78 is 5.75. The van der Waals surface area contributed by atoms with Crippen LogP contribution >= 0.6 is 0 Å². The third-order valence-corrected chi connectivity index (χ3v) is 2.51. The quantitative estimate of drug-likeness (QED) is 0.803. The van der Waals surface area contributed by atoms with E-state index >= 15 is 0 Å². The Hall–Kier alpha value is -2.44. The van der Waals surface area contributed by atoms with Gasteiger partial charge in [-0.15, -0.1) is 0 Å². The van der Waals surface area contributed by atoms with Crippen LogP contribution in [0.2, 0.25) is 0 Å². The van der Waals surface area contributed by atoms with Crippen LogP contribution in [0.25, 0.3) is 5.95 Å². The molecular weight excluding hydrogens is 248 g/mol. The number of nitrogens with zero attached hydrogens (tertiary/aromatic N) is 3. The van der Waals surface area contributed by atoms with Gasteiger partial charge in [-0.3, -0.25) is 14.7 Å². The van der Waals surface area contributed by atoms with Crippen LogP contribution in [0.4, 0.5) is 0 Å². The molecule has 0 aliphatic rings. The summed E-state index contributed by atoms with van der Waals surface area (Å²) in [5, 5.41) is 2.80. The highest BCUT2D eigenvalue weighted by atomic mass is 16.5. The van der Waals surface area contributed by atoms with Gasteiger partial charge in [0.2, 0.25) is 0 Å². The highest BCUT2D eigenvalue weighted by Gasteiger charge is 2.11. The van der Waals surface area contributed by atoms with Gasteiger partial charge in [0.1, 0.15) is 0 Å². The fraction of sp³-hybridized carbons (Fsp3) is 0.333. The Balaban J connectivity index is 2.40. The molecule has 0 amide bonds. The fourth-order valence-corrected chi connectivity index (χ4v) is 1.72. The van der Waals surface area contributed by atoms with Gasteiger partial charge in [0.05, 0.1) is 13.5 Å². The van der Waals surface area contributed by atoms with E-state index in [1.54, 1.807) is 0 Å². The summed E-state index contributed by atoms with van der Waals surface area (Å²) in [4.78, 5) is 31.4. The van der Waals surface area contributed by atoms with Gasteiger partial charge >= 0.3 is 5.97 Å². The van der Waals surface area contributed by atoms with Crippen molar-refractivity contribution in [1.29, 1.82) is 0 Å². The normalized spacial score (nSPS) is 10.5. The van der Waals surface area contributed by atoms with E-state index < -0.39 is 5.97 Å². The molecule has 7 nitrogen and oxygen atoms in total. The van der Waals surface area contributed by atoms with E-state index in [0.717, 1.165) is 11.4 Å². The Kier molecular flexibility index (Phi) is 3.46. The second-order valence-electron chi connectivity index (χ2n) is 4.16. The number of H-pyrrole nitrogens is 1. The van der Waals surface area contributed by atoms with Crippen molar-refractivity contribution in [2.75, 3.05) is 7.11 Å². The zero-order valence-electron chi connectivity index (χ0n) is 10.9. The van der Waals surface area contributed by atoms with Gasteiger partial charge in [0.25, 0.3) is 11.5 Å². The second kappa shape index (κ2) is 5.05. The Labute approximate surface area is 109 Å². The minimum atomic E-state index is -0.422. The van der Waals surface area contributed by atoms with Gasteiger partial charge in [0.15, 0.2) is 0 Å². The highest BCUT2D eigenvalue weighted by molar-refractivity contribution is 5.71. The fourth-order valence-electron chi connectivity index (χ4n) is 1.72. The molecule has 0 spiro atoms. The van der Waals surface area contributed by atoms with Crippen molar-refractivity contribution in [3.05, 3.63) is 39.6 Å². The van der Waals surface area contributed by atoms with Crippen LogP contribution in [-0.2, 0) is 16.0 Å². The molecule has 0 aromatic carbocycles. The van der Waals surface area contributed by atoms with Crippen molar-refractivity contribution in [1.82, 2.24) is 19.7 Å². The summed E-state index contributed by atoms with van der Waals surface area (Å²) in [6.45, 7) is 3.64. The van der Waals surface area contributed by atoms with Crippen LogP contribution in [0.5, 0.6) is 0 Å². The summed E-state index contributed by atoms with van der Waals surface area (Å²) >= 11 is 0. The number of aromatic amines is 1. The molecule has 2 aromatic heterocycles. The first kappa shape index (κ1) is 13.0. The van der Waals surface area contributed by atoms with E-state index in [1.165, 1.54) is 17.9 Å². The van der Waals surface area contributed by atoms with Gasteiger partial charge < -0.3 is 4.74 Å². The number of methoxy groups -OCH3 is 1. The number of carbonyl (C=O) groups is 1. The Morgan fingerprint density at radius 3 is 2.53 bits per heavy atom. The van der Waals surface area contributed by atoms with Gasteiger partial charge in [-0.2, -0.15) is 4.68 Å². The number of nitrogens with one attached hydrogen (secondary N) is 1. The molecule has 0 radical (unpaired) electrons. The largest absolute Gasteiger partial charge is 0.469 e. The lowest BCUT2D eigenvalue weighted by Crippen LogP contribution is -2.17. The van der Waals surface area contributed by atoms with Crippen LogP contribution in [0.15, 0.2) is 16.9 Å². The van der Waals surface area contributed by atoms with Crippen molar-refractivity contribution in [2.45, 2.75) is 20.3 Å². The van der Waals surface area contributed by atoms with E-state index in [0.29, 0.717) is 5.69 Å². The number of carbonyl (C=O) groups excluding carboxylic acids is 1. The van der Waals surface area contributed by atoms with E-state index in [2.05, 4.69) is 19.8 Å². The van der Waals surface area contributed by atoms with Crippen LogP contribution < -0.4 is 5.56 Å². The lowest BCUT2D eigenvalue weighted by molar-refractivity contribution is -0.139. The molecule has 2 heterocycles. The van der Waals surface area contributed by atoms with Gasteiger partial charge in [-0.25, -0.2) is 9.97 Å². The number of rotatable bonds is 3. The number of aryl methyl sites for hydroxylation is 2. The predicted molar refractivity (Wildman–Crippen MR) is 67.2 cm³/mol. The van der Waals surface area contributed by atoms with Crippen molar-refractivity contribution in [3.8, 4) is 5.95 Å². The van der Waals surface area contributed by atoms with Crippen molar-refractivity contribution >= 4 is 5.97 Å². The number of ether oxygens (including phenoxy) is 1. The molecule has 100 valence electrons. The first-order chi connectivity index (χ1) is 8.99. The topological polar surface area (TPSA) is 89.9 Å². The molecule has 2 aromatic rings. The SMILES string of the molecule is COC(=O)Cc1cc(=O)n(-c2nc(C)cc(C)n2)[nH]1. The summed E-state index contributed by atoms with van der Waals surface area (Å²) in [5.41, 5.74) is 1.67. The maximum absolute atomic E-state index is 11.8. The molecule has 1 N–H and O–H groups in total. The first-order valence-electron chi connectivity index (χ1n) is 5.70. The zero-order valence-corrected chi connectivity index (χ0v) is 10.9. The maximum Gasteiger partial charge on any atom is 0.311 e. The summed E-state index contributed by atoms with van der Waals surface area (Å²) in [7, 11) is 1.30. The third kappa shape index (κ3) is 2.87. The summed E-state index contributed by atoms with van der Waals surface area (Å²) in [5.74, 6) is -0.159. The monoisotopic (exact) mass is 262 g/mol. The smallest absolute Gasteiger partial charge is 0.311 e. The highest BCUT2D eigenvalue weighted by Crippen LogP contribution is 2.03. The molecule has 2 rings (SSSR count). The minimum absolute atomic E-state index is 0.00351. The van der Waals surface area contributed by atoms with E-state index in [1.807, 2.05) is 19.9 Å². The van der Waals surface area contributed by atoms with Gasteiger partial charge in [0, 0.05) is 23.1 Å². The average Bonchev–Trinajstić information content (AvgIpc) is 2.68. The molecule has 0 saturated carbocycles. The van der Waals surface area contributed by atoms with Crippen LogP contribution in [-0.4, -0.2) is 32.8 Å². The number of aromatic nitrogens is 4. The van der Waals surface area contributed by atoms with E-state index in [4.69, 9.17) is 0 Å². The number of esters is 1. The predicted octanol–water partition coefficient (Wildman–Crippen LogP) is 0.288. The Morgan fingerprint density at radius 2 is 1.95 bits per heavy atom. The van der Waals surface area contributed by atoms with Crippen LogP contribution in [0.3, 0.4) is 0 Å². The standard InChI is InChI=1S/C12H14N4O3/c1-7-4-8(2)14-12(13-7)16-10(17)5-9(15-16)6-11(18)19-3/h4-5,15H,6H2,1-3H3. The molecule has 0 bridgehead atoms. The molecule has 0 saturated heterocycles. The van der Waals surface area contributed by atoms with Crippen molar-refractivity contribution in [3.63, 3.8) is 0 Å². The summed E-state index contributed by atoms with van der Waals surface area (Å²) in [6, 6.07) is 3.14. The zero-order chi connectivity index (χ0) is 14.0. The Bertz CT molecular complexity index is 652. The first-order valence-corrected chi connectivity index (χ1v) is 5.70. The van der Waals surface area contributed by atoms with Crippen LogP contribution in [0, 0.1) is 13.8 Å². The maximum atomic E-state index is 11.8. The molecule has 0 fully saturated rings. The molecule has 0 atom stereocenters. The molecule has 19 heavy (non-hydrogen) atoms. The average molecular weight is 262 g/mol. The lowest BCUT2D eigenvalue weighted by atomic mass is 10.3. The molecule has 0 aliphatic carbocycles. The summed E-state index contributed by atoms with van der Waals surface area (Å²) in [6.07, 6.45) is 0.00351. The van der Waals surface area contributed by atoms with Crippen LogP contribution in [0.1, 0.15) is 17.1 Å². The number of hydrogen-bond acceptors (Lipinski definition) is 5. The molecule has 7 heteroatoms.